The van der Waals surface area contributed by atoms with Crippen LogP contribution >= 0.6 is 0 Å². The minimum Gasteiger partial charge on any atom is -0.457 e. The van der Waals surface area contributed by atoms with Crippen LogP contribution in [0.15, 0.2) is 66.7 Å². The number of alkyl halides is 3. The molecule has 1 aromatic heterocycles. The van der Waals surface area contributed by atoms with Crippen molar-refractivity contribution < 1.29 is 27.5 Å². The number of halogens is 3. The van der Waals surface area contributed by atoms with Crippen LogP contribution in [0.4, 0.5) is 24.7 Å². The molecule has 0 aliphatic heterocycles. The van der Waals surface area contributed by atoms with E-state index in [1.807, 2.05) is 0 Å². The molecule has 35 heavy (non-hydrogen) atoms. The van der Waals surface area contributed by atoms with E-state index in [-0.39, 0.29) is 17.4 Å². The van der Waals surface area contributed by atoms with Crippen LogP contribution in [0.25, 0.3) is 10.9 Å². The number of fused-ring (bicyclic) bond motifs is 1. The van der Waals surface area contributed by atoms with Crippen molar-refractivity contribution in [1.82, 2.24) is 10.2 Å². The van der Waals surface area contributed by atoms with Crippen LogP contribution in [-0.2, 0) is 11.0 Å². The van der Waals surface area contributed by atoms with Crippen molar-refractivity contribution in [3.63, 3.8) is 0 Å². The lowest BCUT2D eigenvalue weighted by Crippen LogP contribution is -2.13. The number of anilines is 2. The van der Waals surface area contributed by atoms with Crippen molar-refractivity contribution in [2.24, 2.45) is 5.92 Å². The lowest BCUT2D eigenvalue weighted by Gasteiger charge is -2.10. The number of benzene rings is 3. The molecule has 4 aromatic rings. The van der Waals surface area contributed by atoms with Gasteiger partial charge in [0.1, 0.15) is 11.5 Å². The van der Waals surface area contributed by atoms with Gasteiger partial charge in [-0.1, -0.05) is 6.07 Å². The number of carbonyl (C=O) groups excluding carboxylic acids is 2. The van der Waals surface area contributed by atoms with E-state index in [9.17, 15) is 22.8 Å². The lowest BCUT2D eigenvalue weighted by molar-refractivity contribution is -0.137. The summed E-state index contributed by atoms with van der Waals surface area (Å²) in [6.45, 7) is 0. The Bertz CT molecular complexity index is 1410. The predicted octanol–water partition coefficient (Wildman–Crippen LogP) is 5.97. The van der Waals surface area contributed by atoms with Gasteiger partial charge >= 0.3 is 6.18 Å². The van der Waals surface area contributed by atoms with Crippen LogP contribution in [0.2, 0.25) is 0 Å². The van der Waals surface area contributed by atoms with Crippen LogP contribution in [0, 0.1) is 5.92 Å². The molecular formula is C25H19F3N4O3. The third kappa shape index (κ3) is 5.11. The molecule has 1 aliphatic carbocycles. The molecule has 3 N–H and O–H groups in total. The fourth-order valence-corrected chi connectivity index (χ4v) is 3.51. The maximum absolute atomic E-state index is 12.7. The van der Waals surface area contributed by atoms with Gasteiger partial charge in [-0.25, -0.2) is 0 Å². The van der Waals surface area contributed by atoms with Gasteiger partial charge in [0, 0.05) is 34.7 Å². The molecule has 178 valence electrons. The molecule has 1 heterocycles. The normalized spacial score (nSPS) is 13.5. The summed E-state index contributed by atoms with van der Waals surface area (Å²) in [6, 6.07) is 15.9. The quantitative estimate of drug-likeness (QED) is 0.317. The highest BCUT2D eigenvalue weighted by Crippen LogP contribution is 2.33. The number of hydrogen-bond donors (Lipinski definition) is 3. The first-order valence-electron chi connectivity index (χ1n) is 10.8. The van der Waals surface area contributed by atoms with E-state index < -0.39 is 17.6 Å². The minimum atomic E-state index is -4.47. The van der Waals surface area contributed by atoms with Gasteiger partial charge in [-0.05, 0) is 61.4 Å². The summed E-state index contributed by atoms with van der Waals surface area (Å²) >= 11 is 0. The average Bonchev–Trinajstić information content (AvgIpc) is 3.61. The minimum absolute atomic E-state index is 0.0334. The number of H-pyrrole nitrogens is 1. The Morgan fingerprint density at radius 2 is 1.69 bits per heavy atom. The zero-order chi connectivity index (χ0) is 24.6. The van der Waals surface area contributed by atoms with E-state index in [1.165, 1.54) is 0 Å². The van der Waals surface area contributed by atoms with Crippen molar-refractivity contribution in [1.29, 1.82) is 0 Å². The van der Waals surface area contributed by atoms with E-state index in [2.05, 4.69) is 20.8 Å². The standard InChI is InChI=1S/C25H19F3N4O3/c26-25(27,28)16-8-6-15(7-9-16)23(33)29-17-2-1-3-18(12-17)35-19-10-11-20-21(13-19)31-32-22(20)30-24(34)14-4-5-14/h1-3,6-14H,4-5H2,(H,29,33)(H2,30,31,32,34). The van der Waals surface area contributed by atoms with Crippen LogP contribution in [0.1, 0.15) is 28.8 Å². The molecule has 1 aliphatic rings. The van der Waals surface area contributed by atoms with Crippen molar-refractivity contribution in [2.75, 3.05) is 10.6 Å². The number of ether oxygens (including phenoxy) is 1. The molecule has 2 amide bonds. The average molecular weight is 480 g/mol. The molecule has 1 saturated carbocycles. The number of hydrogen-bond acceptors (Lipinski definition) is 4. The zero-order valence-corrected chi connectivity index (χ0v) is 18.1. The summed E-state index contributed by atoms with van der Waals surface area (Å²) in [5.74, 6) is 0.904. The molecule has 5 rings (SSSR count). The van der Waals surface area contributed by atoms with Crippen molar-refractivity contribution in [3.8, 4) is 11.5 Å². The first kappa shape index (κ1) is 22.5. The van der Waals surface area contributed by atoms with Gasteiger partial charge in [0.25, 0.3) is 5.91 Å². The van der Waals surface area contributed by atoms with E-state index in [1.54, 1.807) is 42.5 Å². The number of aromatic nitrogens is 2. The summed E-state index contributed by atoms with van der Waals surface area (Å²) in [6.07, 6.45) is -2.67. The number of carbonyl (C=O) groups is 2. The molecule has 0 bridgehead atoms. The molecule has 0 unspecified atom stereocenters. The fourth-order valence-electron chi connectivity index (χ4n) is 3.51. The number of aromatic amines is 1. The van der Waals surface area contributed by atoms with Crippen LogP contribution < -0.4 is 15.4 Å². The van der Waals surface area contributed by atoms with Gasteiger partial charge in [-0.2, -0.15) is 18.3 Å². The summed E-state index contributed by atoms with van der Waals surface area (Å²) in [4.78, 5) is 24.5. The number of amides is 2. The summed E-state index contributed by atoms with van der Waals surface area (Å²) in [5, 5.41) is 13.3. The monoisotopic (exact) mass is 480 g/mol. The van der Waals surface area contributed by atoms with Gasteiger partial charge in [0.15, 0.2) is 5.82 Å². The van der Waals surface area contributed by atoms with Crippen LogP contribution in [0.3, 0.4) is 0 Å². The molecule has 0 radical (unpaired) electrons. The van der Waals surface area contributed by atoms with Crippen molar-refractivity contribution in [2.45, 2.75) is 19.0 Å². The lowest BCUT2D eigenvalue weighted by atomic mass is 10.1. The number of nitrogens with one attached hydrogen (secondary N) is 3. The number of rotatable bonds is 6. The first-order chi connectivity index (χ1) is 16.8. The smallest absolute Gasteiger partial charge is 0.416 e. The Labute approximate surface area is 197 Å². The van der Waals surface area contributed by atoms with Gasteiger partial charge in [-0.15, -0.1) is 0 Å². The highest BCUT2D eigenvalue weighted by Gasteiger charge is 2.31. The highest BCUT2D eigenvalue weighted by molar-refractivity contribution is 6.04. The molecule has 7 nitrogen and oxygen atoms in total. The van der Waals surface area contributed by atoms with Crippen molar-refractivity contribution >= 4 is 34.2 Å². The summed E-state index contributed by atoms with van der Waals surface area (Å²) in [5.41, 5.74) is 0.371. The summed E-state index contributed by atoms with van der Waals surface area (Å²) in [7, 11) is 0. The zero-order valence-electron chi connectivity index (χ0n) is 18.1. The van der Waals surface area contributed by atoms with Gasteiger partial charge in [0.05, 0.1) is 11.1 Å². The summed E-state index contributed by atoms with van der Waals surface area (Å²) < 4.78 is 44.1. The second kappa shape index (κ2) is 8.79. The van der Waals surface area contributed by atoms with Crippen molar-refractivity contribution in [3.05, 3.63) is 77.9 Å². The molecule has 1 fully saturated rings. The Morgan fingerprint density at radius 1 is 0.943 bits per heavy atom. The second-order valence-corrected chi connectivity index (χ2v) is 8.20. The third-order valence-corrected chi connectivity index (χ3v) is 5.53. The predicted molar refractivity (Wildman–Crippen MR) is 123 cm³/mol. The molecule has 3 aromatic carbocycles. The van der Waals surface area contributed by atoms with E-state index in [0.717, 1.165) is 42.5 Å². The maximum Gasteiger partial charge on any atom is 0.416 e. The topological polar surface area (TPSA) is 96.1 Å². The van der Waals surface area contributed by atoms with E-state index in [0.29, 0.717) is 28.5 Å². The number of nitrogens with zero attached hydrogens (tertiary/aromatic N) is 1. The largest absolute Gasteiger partial charge is 0.457 e. The molecule has 10 heteroatoms. The molecular weight excluding hydrogens is 461 g/mol. The molecule has 0 atom stereocenters. The SMILES string of the molecule is O=C(Nc1cccc(Oc2ccc3c(NC(=O)C4CC4)n[nH]c3c2)c1)c1ccc(C(F)(F)F)cc1. The van der Waals surface area contributed by atoms with Crippen LogP contribution in [-0.4, -0.2) is 22.0 Å². The van der Waals surface area contributed by atoms with Gasteiger partial charge in [-0.3, -0.25) is 14.7 Å². The first-order valence-corrected chi connectivity index (χ1v) is 10.8. The maximum atomic E-state index is 12.7. The fraction of sp³-hybridized carbons (Fsp3) is 0.160. The second-order valence-electron chi connectivity index (χ2n) is 8.20. The Hall–Kier alpha value is -4.34. The molecule has 0 spiro atoms. The van der Waals surface area contributed by atoms with E-state index in [4.69, 9.17) is 4.74 Å². The van der Waals surface area contributed by atoms with Crippen LogP contribution in [0.5, 0.6) is 11.5 Å². The Morgan fingerprint density at radius 3 is 2.40 bits per heavy atom. The van der Waals surface area contributed by atoms with E-state index >= 15 is 0 Å². The van der Waals surface area contributed by atoms with Gasteiger partial charge < -0.3 is 15.4 Å². The molecule has 0 saturated heterocycles. The highest BCUT2D eigenvalue weighted by atomic mass is 19.4. The van der Waals surface area contributed by atoms with Gasteiger partial charge in [0.2, 0.25) is 5.91 Å². The Kier molecular flexibility index (Phi) is 5.64. The third-order valence-electron chi connectivity index (χ3n) is 5.53. The Balaban J connectivity index is 1.26.